The smallest absolute Gasteiger partial charge is 0.0223 e. The SMILES string of the molecule is Br.CCCCCCCCCCCC(C)(C)NCCCCCl. The van der Waals surface area contributed by atoms with Crippen LogP contribution in [-0.2, 0) is 0 Å². The molecule has 0 atom stereocenters. The van der Waals surface area contributed by atoms with Crippen molar-refractivity contribution in [1.82, 2.24) is 5.32 Å². The molecule has 0 radical (unpaired) electrons. The molecule has 0 aromatic rings. The summed E-state index contributed by atoms with van der Waals surface area (Å²) in [4.78, 5) is 0. The molecule has 0 heterocycles. The number of hydrogen-bond donors (Lipinski definition) is 1. The Bertz CT molecular complexity index is 198. The second-order valence-corrected chi connectivity index (χ2v) is 7.16. The highest BCUT2D eigenvalue weighted by atomic mass is 79.9. The Morgan fingerprint density at radius 1 is 0.762 bits per heavy atom. The molecule has 0 amide bonds. The first-order valence-corrected chi connectivity index (χ1v) is 9.47. The maximum Gasteiger partial charge on any atom is 0.0223 e. The third-order valence-corrected chi connectivity index (χ3v) is 4.34. The summed E-state index contributed by atoms with van der Waals surface area (Å²) in [7, 11) is 0. The van der Waals surface area contributed by atoms with Crippen LogP contribution in [0.4, 0.5) is 0 Å². The molecule has 0 unspecified atom stereocenters. The van der Waals surface area contributed by atoms with Crippen LogP contribution >= 0.6 is 28.6 Å². The van der Waals surface area contributed by atoms with E-state index in [0.717, 1.165) is 18.8 Å². The lowest BCUT2D eigenvalue weighted by molar-refractivity contribution is 0.345. The van der Waals surface area contributed by atoms with Gasteiger partial charge in [0.15, 0.2) is 0 Å². The predicted molar refractivity (Wildman–Crippen MR) is 104 cm³/mol. The second-order valence-electron chi connectivity index (χ2n) is 6.79. The number of unbranched alkanes of at least 4 members (excludes halogenated alkanes) is 9. The minimum atomic E-state index is 0. The fourth-order valence-electron chi connectivity index (χ4n) is 2.61. The lowest BCUT2D eigenvalue weighted by Crippen LogP contribution is -2.39. The molecule has 1 nitrogen and oxygen atoms in total. The van der Waals surface area contributed by atoms with Crippen molar-refractivity contribution in [2.45, 2.75) is 103 Å². The van der Waals surface area contributed by atoms with Crippen molar-refractivity contribution in [2.75, 3.05) is 12.4 Å². The van der Waals surface area contributed by atoms with Crippen LogP contribution in [0, 0.1) is 0 Å². The molecule has 130 valence electrons. The zero-order chi connectivity index (χ0) is 15.1. The van der Waals surface area contributed by atoms with E-state index < -0.39 is 0 Å². The van der Waals surface area contributed by atoms with E-state index in [0.29, 0.717) is 5.54 Å². The molecule has 0 spiro atoms. The Hall–Kier alpha value is 0.730. The van der Waals surface area contributed by atoms with Crippen molar-refractivity contribution in [3.63, 3.8) is 0 Å². The zero-order valence-corrected chi connectivity index (χ0v) is 17.2. The molecule has 0 aliphatic heterocycles. The normalized spacial score (nSPS) is 11.4. The lowest BCUT2D eigenvalue weighted by Gasteiger charge is -2.26. The molecular weight excluding hydrogens is 346 g/mol. The third-order valence-electron chi connectivity index (χ3n) is 4.07. The van der Waals surface area contributed by atoms with Gasteiger partial charge in [-0.05, 0) is 39.7 Å². The molecule has 0 aliphatic carbocycles. The molecule has 0 saturated heterocycles. The Labute approximate surface area is 149 Å². The Balaban J connectivity index is 0. The molecule has 0 aliphatic rings. The van der Waals surface area contributed by atoms with E-state index in [4.69, 9.17) is 11.6 Å². The number of halogens is 2. The highest BCUT2D eigenvalue weighted by Gasteiger charge is 2.15. The average Bonchev–Trinajstić information content (AvgIpc) is 2.42. The maximum absolute atomic E-state index is 5.70. The van der Waals surface area contributed by atoms with Crippen molar-refractivity contribution >= 4 is 28.6 Å². The Morgan fingerprint density at radius 2 is 1.29 bits per heavy atom. The van der Waals surface area contributed by atoms with Crippen LogP contribution in [0.2, 0.25) is 0 Å². The minimum Gasteiger partial charge on any atom is -0.312 e. The van der Waals surface area contributed by atoms with E-state index in [1.165, 1.54) is 70.6 Å². The van der Waals surface area contributed by atoms with E-state index in [-0.39, 0.29) is 17.0 Å². The molecule has 21 heavy (non-hydrogen) atoms. The van der Waals surface area contributed by atoms with Crippen molar-refractivity contribution in [2.24, 2.45) is 0 Å². The topological polar surface area (TPSA) is 12.0 Å². The first-order chi connectivity index (χ1) is 9.62. The summed E-state index contributed by atoms with van der Waals surface area (Å²) in [5.41, 5.74) is 0.299. The second kappa shape index (κ2) is 17.1. The van der Waals surface area contributed by atoms with Crippen molar-refractivity contribution < 1.29 is 0 Å². The largest absolute Gasteiger partial charge is 0.312 e. The van der Waals surface area contributed by atoms with Crippen LogP contribution in [0.15, 0.2) is 0 Å². The molecular formula is C18H39BrClN. The highest BCUT2D eigenvalue weighted by molar-refractivity contribution is 8.93. The molecule has 0 bridgehead atoms. The third kappa shape index (κ3) is 18.7. The number of rotatable bonds is 15. The van der Waals surface area contributed by atoms with E-state index in [1.54, 1.807) is 0 Å². The molecule has 1 N–H and O–H groups in total. The lowest BCUT2D eigenvalue weighted by atomic mass is 9.95. The van der Waals surface area contributed by atoms with Crippen molar-refractivity contribution in [3.8, 4) is 0 Å². The van der Waals surface area contributed by atoms with Gasteiger partial charge in [-0.3, -0.25) is 0 Å². The van der Waals surface area contributed by atoms with E-state index in [2.05, 4.69) is 26.1 Å². The predicted octanol–water partition coefficient (Wildman–Crippen LogP) is 6.87. The summed E-state index contributed by atoms with van der Waals surface area (Å²) >= 11 is 5.70. The Kier molecular flexibility index (Phi) is 19.5. The number of hydrogen-bond acceptors (Lipinski definition) is 1. The van der Waals surface area contributed by atoms with Gasteiger partial charge < -0.3 is 5.32 Å². The maximum atomic E-state index is 5.70. The fourth-order valence-corrected chi connectivity index (χ4v) is 2.80. The van der Waals surface area contributed by atoms with Crippen molar-refractivity contribution in [1.29, 1.82) is 0 Å². The van der Waals surface area contributed by atoms with E-state index >= 15 is 0 Å². The Morgan fingerprint density at radius 3 is 1.81 bits per heavy atom. The van der Waals surface area contributed by atoms with E-state index in [1.807, 2.05) is 0 Å². The summed E-state index contributed by atoms with van der Waals surface area (Å²) in [6.45, 7) is 8.06. The molecule has 0 aromatic heterocycles. The van der Waals surface area contributed by atoms with Crippen LogP contribution in [-0.4, -0.2) is 18.0 Å². The van der Waals surface area contributed by atoms with E-state index in [9.17, 15) is 0 Å². The van der Waals surface area contributed by atoms with Gasteiger partial charge in [0, 0.05) is 11.4 Å². The zero-order valence-electron chi connectivity index (χ0n) is 14.7. The summed E-state index contributed by atoms with van der Waals surface area (Å²) in [6, 6.07) is 0. The molecule has 0 rings (SSSR count). The summed E-state index contributed by atoms with van der Waals surface area (Å²) in [6.07, 6.45) is 16.4. The van der Waals surface area contributed by atoms with Crippen LogP contribution < -0.4 is 5.32 Å². The van der Waals surface area contributed by atoms with Gasteiger partial charge in [0.2, 0.25) is 0 Å². The number of alkyl halides is 1. The first-order valence-electron chi connectivity index (χ1n) is 8.93. The molecule has 0 saturated carbocycles. The van der Waals surface area contributed by atoms with Gasteiger partial charge in [-0.1, -0.05) is 64.7 Å². The van der Waals surface area contributed by atoms with Crippen molar-refractivity contribution in [3.05, 3.63) is 0 Å². The summed E-state index contributed by atoms with van der Waals surface area (Å²) < 4.78 is 0. The van der Waals surface area contributed by atoms with Crippen LogP contribution in [0.1, 0.15) is 97.8 Å². The highest BCUT2D eigenvalue weighted by Crippen LogP contribution is 2.16. The van der Waals surface area contributed by atoms with Gasteiger partial charge in [0.05, 0.1) is 0 Å². The molecule has 3 heteroatoms. The van der Waals surface area contributed by atoms with Gasteiger partial charge in [0.1, 0.15) is 0 Å². The monoisotopic (exact) mass is 383 g/mol. The van der Waals surface area contributed by atoms with Crippen LogP contribution in [0.5, 0.6) is 0 Å². The van der Waals surface area contributed by atoms with Gasteiger partial charge >= 0.3 is 0 Å². The van der Waals surface area contributed by atoms with Gasteiger partial charge in [-0.2, -0.15) is 0 Å². The summed E-state index contributed by atoms with van der Waals surface area (Å²) in [5, 5.41) is 3.66. The quantitative estimate of drug-likeness (QED) is 0.240. The summed E-state index contributed by atoms with van der Waals surface area (Å²) in [5.74, 6) is 0.792. The minimum absolute atomic E-state index is 0. The fraction of sp³-hybridized carbons (Fsp3) is 1.00. The first kappa shape index (κ1) is 24.0. The molecule has 0 fully saturated rings. The van der Waals surface area contributed by atoms with Gasteiger partial charge in [0.25, 0.3) is 0 Å². The van der Waals surface area contributed by atoms with Crippen LogP contribution in [0.3, 0.4) is 0 Å². The standard InChI is InChI=1S/C18H38ClN.BrH/c1-4-5-6-7-8-9-10-11-12-15-18(2,3)20-17-14-13-16-19;/h20H,4-17H2,1-3H3;1H. The number of nitrogens with one attached hydrogen (secondary N) is 1. The van der Waals surface area contributed by atoms with Crippen LogP contribution in [0.25, 0.3) is 0 Å². The average molecular weight is 385 g/mol. The van der Waals surface area contributed by atoms with Gasteiger partial charge in [-0.25, -0.2) is 0 Å². The molecule has 0 aromatic carbocycles. The van der Waals surface area contributed by atoms with Gasteiger partial charge in [-0.15, -0.1) is 28.6 Å².